The summed E-state index contributed by atoms with van der Waals surface area (Å²) in [5.41, 5.74) is 2.48. The van der Waals surface area contributed by atoms with Crippen LogP contribution in [0.4, 0.5) is 5.95 Å². The molecule has 0 unspecified atom stereocenters. The predicted octanol–water partition coefficient (Wildman–Crippen LogP) is 4.18. The highest BCUT2D eigenvalue weighted by Gasteiger charge is 2.20. The molecule has 0 fully saturated rings. The average Bonchev–Trinajstić information content (AvgIpc) is 3.05. The van der Waals surface area contributed by atoms with Gasteiger partial charge in [0.05, 0.1) is 18.1 Å². The summed E-state index contributed by atoms with van der Waals surface area (Å²) in [6, 6.07) is 5.73. The van der Waals surface area contributed by atoms with Crippen LogP contribution in [-0.2, 0) is 16.1 Å². The minimum Gasteiger partial charge on any atom is -0.469 e. The second-order valence-electron chi connectivity index (χ2n) is 8.49. The van der Waals surface area contributed by atoms with Crippen LogP contribution in [0.3, 0.4) is 0 Å². The average molecular weight is 417 g/mol. The van der Waals surface area contributed by atoms with Crippen LogP contribution < -0.4 is 5.32 Å². The van der Waals surface area contributed by atoms with Gasteiger partial charge in [0.2, 0.25) is 5.95 Å². The Morgan fingerprint density at radius 2 is 1.83 bits per heavy atom. The van der Waals surface area contributed by atoms with E-state index in [4.69, 9.17) is 0 Å². The van der Waals surface area contributed by atoms with Gasteiger partial charge in [-0.25, -0.2) is 4.98 Å². The van der Waals surface area contributed by atoms with E-state index < -0.39 is 0 Å². The maximum atomic E-state index is 13.2. The number of methoxy groups -OCH3 is 1. The summed E-state index contributed by atoms with van der Waals surface area (Å²) in [6.45, 7) is 13.4. The third-order valence-corrected chi connectivity index (χ3v) is 4.84. The number of nitrogens with zero attached hydrogens (tertiary/aromatic N) is 3. The fourth-order valence-electron chi connectivity index (χ4n) is 3.55. The summed E-state index contributed by atoms with van der Waals surface area (Å²) in [6.07, 6.45) is 1.04. The molecule has 166 valence electrons. The monoisotopic (exact) mass is 416 g/mol. The van der Waals surface area contributed by atoms with Crippen LogP contribution in [0.25, 0.3) is 11.0 Å². The van der Waals surface area contributed by atoms with Crippen LogP contribution in [0.1, 0.15) is 57.8 Å². The summed E-state index contributed by atoms with van der Waals surface area (Å²) in [5.74, 6) is 1.44. The highest BCUT2D eigenvalue weighted by atomic mass is 16.5. The number of imidazole rings is 1. The summed E-state index contributed by atoms with van der Waals surface area (Å²) in [7, 11) is 1.40. The normalized spacial score (nSPS) is 11.3. The number of nitrogens with one attached hydrogen (secondary N) is 1. The van der Waals surface area contributed by atoms with Gasteiger partial charge in [-0.1, -0.05) is 27.7 Å². The molecule has 0 saturated heterocycles. The van der Waals surface area contributed by atoms with Gasteiger partial charge >= 0.3 is 5.97 Å². The lowest BCUT2D eigenvalue weighted by Gasteiger charge is -2.26. The number of ether oxygens (including phenoxy) is 1. The highest BCUT2D eigenvalue weighted by molar-refractivity contribution is 5.97. The van der Waals surface area contributed by atoms with E-state index in [9.17, 15) is 9.59 Å². The second kappa shape index (κ2) is 11.0. The van der Waals surface area contributed by atoms with Crippen molar-refractivity contribution in [1.82, 2.24) is 14.5 Å². The molecule has 1 amide bonds. The third kappa shape index (κ3) is 6.21. The molecule has 2 aromatic rings. The van der Waals surface area contributed by atoms with Crippen LogP contribution in [0.2, 0.25) is 0 Å². The van der Waals surface area contributed by atoms with E-state index in [0.29, 0.717) is 36.8 Å². The van der Waals surface area contributed by atoms with E-state index in [1.165, 1.54) is 7.11 Å². The minimum atomic E-state index is -0.212. The maximum absolute atomic E-state index is 13.2. The number of amides is 1. The van der Waals surface area contributed by atoms with E-state index in [1.807, 2.05) is 23.1 Å². The Morgan fingerprint density at radius 3 is 2.40 bits per heavy atom. The molecule has 7 nitrogen and oxygen atoms in total. The Balaban J connectivity index is 2.23. The first-order valence-electron chi connectivity index (χ1n) is 10.9. The zero-order valence-electron chi connectivity index (χ0n) is 19.2. The molecule has 0 aliphatic heterocycles. The molecule has 1 aromatic carbocycles. The van der Waals surface area contributed by atoms with E-state index in [1.54, 1.807) is 0 Å². The fraction of sp³-hybridized carbons (Fsp3) is 0.609. The standard InChI is InChI=1S/C23H36N4O3/c1-7-27-20-13-18(22(29)26(14-16(2)3)15-17(4)5)10-11-19(20)25-23(27)24-12-8-9-21(28)30-6/h10-11,13,16-17H,7-9,12,14-15H2,1-6H3,(H,24,25). The molecular formula is C23H36N4O3. The fourth-order valence-corrected chi connectivity index (χ4v) is 3.55. The largest absolute Gasteiger partial charge is 0.469 e. The SMILES string of the molecule is CCn1c(NCCCC(=O)OC)nc2ccc(C(=O)N(CC(C)C)CC(C)C)cc21. The van der Waals surface area contributed by atoms with Gasteiger partial charge in [0.15, 0.2) is 0 Å². The van der Waals surface area contributed by atoms with Crippen LogP contribution in [0.15, 0.2) is 18.2 Å². The Morgan fingerprint density at radius 1 is 1.17 bits per heavy atom. The van der Waals surface area contributed by atoms with Crippen molar-refractivity contribution >= 4 is 28.9 Å². The molecular weight excluding hydrogens is 380 g/mol. The smallest absolute Gasteiger partial charge is 0.305 e. The number of carbonyl (C=O) groups is 2. The number of rotatable bonds is 11. The van der Waals surface area contributed by atoms with Crippen molar-refractivity contribution in [2.24, 2.45) is 11.8 Å². The molecule has 7 heteroatoms. The molecule has 2 rings (SSSR count). The number of esters is 1. The molecule has 0 aliphatic carbocycles. The quantitative estimate of drug-likeness (QED) is 0.439. The summed E-state index contributed by atoms with van der Waals surface area (Å²) >= 11 is 0. The first kappa shape index (κ1) is 23.7. The van der Waals surface area contributed by atoms with Gasteiger partial charge in [0.1, 0.15) is 0 Å². The van der Waals surface area contributed by atoms with Gasteiger partial charge in [0, 0.05) is 38.2 Å². The number of fused-ring (bicyclic) bond motifs is 1. The molecule has 0 bridgehead atoms. The van der Waals surface area contributed by atoms with E-state index in [-0.39, 0.29) is 11.9 Å². The van der Waals surface area contributed by atoms with Crippen molar-refractivity contribution in [3.63, 3.8) is 0 Å². The zero-order valence-corrected chi connectivity index (χ0v) is 19.2. The molecule has 1 heterocycles. The van der Waals surface area contributed by atoms with Gasteiger partial charge in [-0.3, -0.25) is 9.59 Å². The molecule has 1 aromatic heterocycles. The first-order valence-corrected chi connectivity index (χ1v) is 10.9. The van der Waals surface area contributed by atoms with Gasteiger partial charge in [-0.2, -0.15) is 0 Å². The van der Waals surface area contributed by atoms with E-state index in [2.05, 4.69) is 54.2 Å². The number of carbonyl (C=O) groups excluding carboxylic acids is 2. The maximum Gasteiger partial charge on any atom is 0.305 e. The van der Waals surface area contributed by atoms with Crippen molar-refractivity contribution in [2.75, 3.05) is 32.1 Å². The molecule has 0 atom stereocenters. The Hall–Kier alpha value is -2.57. The van der Waals surface area contributed by atoms with Crippen molar-refractivity contribution in [1.29, 1.82) is 0 Å². The first-order chi connectivity index (χ1) is 14.3. The van der Waals surface area contributed by atoms with Crippen molar-refractivity contribution in [2.45, 2.75) is 54.0 Å². The Bertz CT molecular complexity index is 847. The van der Waals surface area contributed by atoms with Crippen LogP contribution in [0, 0.1) is 11.8 Å². The molecule has 1 N–H and O–H groups in total. The lowest BCUT2D eigenvalue weighted by atomic mass is 10.1. The third-order valence-electron chi connectivity index (χ3n) is 4.84. The van der Waals surface area contributed by atoms with Crippen molar-refractivity contribution in [3.8, 4) is 0 Å². The number of hydrogen-bond donors (Lipinski definition) is 1. The lowest BCUT2D eigenvalue weighted by Crippen LogP contribution is -2.37. The summed E-state index contributed by atoms with van der Waals surface area (Å²) < 4.78 is 6.74. The molecule has 0 spiro atoms. The Kier molecular flexibility index (Phi) is 8.69. The highest BCUT2D eigenvalue weighted by Crippen LogP contribution is 2.22. The second-order valence-corrected chi connectivity index (χ2v) is 8.49. The topological polar surface area (TPSA) is 76.5 Å². The van der Waals surface area contributed by atoms with Crippen molar-refractivity contribution < 1.29 is 14.3 Å². The van der Waals surface area contributed by atoms with Crippen LogP contribution >= 0.6 is 0 Å². The van der Waals surface area contributed by atoms with Gasteiger partial charge in [-0.05, 0) is 43.4 Å². The molecule has 0 radical (unpaired) electrons. The molecule has 0 aliphatic rings. The predicted molar refractivity (Wildman–Crippen MR) is 121 cm³/mol. The molecule has 0 saturated carbocycles. The number of benzene rings is 1. The number of anilines is 1. The molecule has 30 heavy (non-hydrogen) atoms. The van der Waals surface area contributed by atoms with E-state index >= 15 is 0 Å². The summed E-state index contributed by atoms with van der Waals surface area (Å²) in [5, 5.41) is 3.31. The van der Waals surface area contributed by atoms with Gasteiger partial charge in [0.25, 0.3) is 5.91 Å². The number of hydrogen-bond acceptors (Lipinski definition) is 5. The number of aryl methyl sites for hydroxylation is 1. The van der Waals surface area contributed by atoms with Gasteiger partial charge < -0.3 is 19.5 Å². The van der Waals surface area contributed by atoms with Crippen LogP contribution in [-0.4, -0.2) is 53.1 Å². The summed E-state index contributed by atoms with van der Waals surface area (Å²) in [4.78, 5) is 31.1. The Labute approximate surface area is 179 Å². The van der Waals surface area contributed by atoms with E-state index in [0.717, 1.165) is 36.6 Å². The number of aromatic nitrogens is 2. The minimum absolute atomic E-state index is 0.0655. The lowest BCUT2D eigenvalue weighted by molar-refractivity contribution is -0.140. The van der Waals surface area contributed by atoms with Crippen LogP contribution in [0.5, 0.6) is 0 Å². The zero-order chi connectivity index (χ0) is 22.3. The van der Waals surface area contributed by atoms with Crippen molar-refractivity contribution in [3.05, 3.63) is 23.8 Å². The van der Waals surface area contributed by atoms with Gasteiger partial charge in [-0.15, -0.1) is 0 Å².